The number of amides is 2. The van der Waals surface area contributed by atoms with Gasteiger partial charge in [0.1, 0.15) is 6.10 Å². The lowest BCUT2D eigenvalue weighted by Gasteiger charge is -2.44. The number of aliphatic hydroxyl groups is 1. The molecular formula is C26H37N3O7. The van der Waals surface area contributed by atoms with Crippen LogP contribution >= 0.6 is 0 Å². The highest BCUT2D eigenvalue weighted by molar-refractivity contribution is 5.95. The Bertz CT molecular complexity index is 923. The van der Waals surface area contributed by atoms with Gasteiger partial charge in [-0.05, 0) is 57.0 Å². The van der Waals surface area contributed by atoms with E-state index in [2.05, 4.69) is 10.2 Å². The predicted octanol–water partition coefficient (Wildman–Crippen LogP) is 1.16. The molecule has 5 rings (SSSR count). The molecule has 36 heavy (non-hydrogen) atoms. The molecule has 0 spiro atoms. The van der Waals surface area contributed by atoms with Crippen LogP contribution in [-0.4, -0.2) is 104 Å². The number of β-amino-alcohol motifs (C(OH)–C–C–N with tert-alkyl or cyclic N) is 1. The summed E-state index contributed by atoms with van der Waals surface area (Å²) in [6, 6.07) is 4.87. The van der Waals surface area contributed by atoms with Gasteiger partial charge in [-0.25, -0.2) is 0 Å². The minimum atomic E-state index is -0.785. The van der Waals surface area contributed by atoms with Crippen molar-refractivity contribution in [3.8, 4) is 11.5 Å². The van der Waals surface area contributed by atoms with Crippen molar-refractivity contribution >= 4 is 11.8 Å². The first-order chi connectivity index (χ1) is 17.6. The molecule has 0 bridgehead atoms. The van der Waals surface area contributed by atoms with Gasteiger partial charge in [0, 0.05) is 25.2 Å². The number of fused-ring (bicyclic) bond motifs is 2. The quantitative estimate of drug-likeness (QED) is 0.595. The lowest BCUT2D eigenvalue weighted by atomic mass is 9.94. The zero-order valence-corrected chi connectivity index (χ0v) is 20.7. The molecule has 0 aliphatic carbocycles. The van der Waals surface area contributed by atoms with Crippen LogP contribution < -0.4 is 14.8 Å². The van der Waals surface area contributed by atoms with Crippen molar-refractivity contribution in [3.63, 3.8) is 0 Å². The minimum absolute atomic E-state index is 0.00839. The number of carbonyl (C=O) groups is 2. The summed E-state index contributed by atoms with van der Waals surface area (Å²) in [5.41, 5.74) is 0.474. The third-order valence-corrected chi connectivity index (χ3v) is 7.47. The Labute approximate surface area is 211 Å². The molecule has 0 aromatic heterocycles. The molecule has 4 atom stereocenters. The molecule has 2 amide bonds. The Morgan fingerprint density at radius 1 is 1.06 bits per heavy atom. The third-order valence-electron chi connectivity index (χ3n) is 7.47. The van der Waals surface area contributed by atoms with Crippen LogP contribution in [0.2, 0.25) is 0 Å². The maximum absolute atomic E-state index is 13.5. The van der Waals surface area contributed by atoms with Crippen molar-refractivity contribution in [3.05, 3.63) is 23.8 Å². The molecule has 0 unspecified atom stereocenters. The van der Waals surface area contributed by atoms with Gasteiger partial charge < -0.3 is 39.2 Å². The number of hydrogen-bond donors (Lipinski definition) is 2. The first-order valence-electron chi connectivity index (χ1n) is 13.2. The molecule has 198 valence electrons. The standard InChI is InChI=1S/C26H37N3O7/c30-19-14-29(26(32)18-4-7-22-23(12-18)35-17-34-22)21-6-5-20(36-24(21)16-33-15-19)13-25(31)27-8-11-28-9-2-1-3-10-28/h4,7,12,19-21,24,30H,1-3,5-6,8-11,13-17H2,(H,27,31)/t19-,20-,21-,24+/m1/s1. The van der Waals surface area contributed by atoms with E-state index in [1.807, 2.05) is 0 Å². The number of nitrogens with zero attached hydrogens (tertiary/aromatic N) is 2. The monoisotopic (exact) mass is 503 g/mol. The number of piperidine rings is 1. The molecular weight excluding hydrogens is 466 g/mol. The largest absolute Gasteiger partial charge is 0.454 e. The van der Waals surface area contributed by atoms with E-state index >= 15 is 0 Å². The van der Waals surface area contributed by atoms with Crippen molar-refractivity contribution in [1.82, 2.24) is 15.1 Å². The Kier molecular flexibility index (Phi) is 8.25. The molecule has 3 saturated heterocycles. The van der Waals surface area contributed by atoms with E-state index in [1.54, 1.807) is 23.1 Å². The molecule has 10 heteroatoms. The topological polar surface area (TPSA) is 110 Å². The van der Waals surface area contributed by atoms with Gasteiger partial charge in [-0.3, -0.25) is 9.59 Å². The zero-order valence-electron chi connectivity index (χ0n) is 20.7. The second-order valence-corrected chi connectivity index (χ2v) is 10.1. The van der Waals surface area contributed by atoms with Crippen LogP contribution in [-0.2, 0) is 14.3 Å². The van der Waals surface area contributed by atoms with Crippen molar-refractivity contribution < 1.29 is 33.6 Å². The Hall–Kier alpha value is -2.40. The average molecular weight is 504 g/mol. The van der Waals surface area contributed by atoms with Gasteiger partial charge >= 0.3 is 0 Å². The molecule has 10 nitrogen and oxygen atoms in total. The Balaban J connectivity index is 1.18. The van der Waals surface area contributed by atoms with Crippen LogP contribution in [0.5, 0.6) is 11.5 Å². The smallest absolute Gasteiger partial charge is 0.254 e. The van der Waals surface area contributed by atoms with Gasteiger partial charge in [0.05, 0.1) is 37.9 Å². The van der Waals surface area contributed by atoms with Crippen molar-refractivity contribution in [1.29, 1.82) is 0 Å². The summed E-state index contributed by atoms with van der Waals surface area (Å²) in [5.74, 6) is 0.954. The van der Waals surface area contributed by atoms with Gasteiger partial charge in [0.2, 0.25) is 12.7 Å². The zero-order chi connectivity index (χ0) is 24.9. The summed E-state index contributed by atoms with van der Waals surface area (Å²) in [6.45, 7) is 4.43. The van der Waals surface area contributed by atoms with E-state index in [1.165, 1.54) is 19.3 Å². The van der Waals surface area contributed by atoms with Crippen LogP contribution in [0.15, 0.2) is 18.2 Å². The summed E-state index contributed by atoms with van der Waals surface area (Å²) in [5, 5.41) is 13.4. The van der Waals surface area contributed by atoms with Gasteiger partial charge in [0.25, 0.3) is 5.91 Å². The second-order valence-electron chi connectivity index (χ2n) is 10.1. The number of hydrogen-bond acceptors (Lipinski definition) is 8. The fourth-order valence-electron chi connectivity index (χ4n) is 5.59. The van der Waals surface area contributed by atoms with E-state index in [-0.39, 0.29) is 56.6 Å². The molecule has 4 heterocycles. The maximum Gasteiger partial charge on any atom is 0.254 e. The van der Waals surface area contributed by atoms with Crippen molar-refractivity contribution in [2.45, 2.75) is 62.9 Å². The van der Waals surface area contributed by atoms with Gasteiger partial charge in [-0.1, -0.05) is 6.42 Å². The minimum Gasteiger partial charge on any atom is -0.454 e. The van der Waals surface area contributed by atoms with Crippen LogP contribution in [0.25, 0.3) is 0 Å². The van der Waals surface area contributed by atoms with Gasteiger partial charge in [-0.2, -0.15) is 0 Å². The lowest BCUT2D eigenvalue weighted by Crippen LogP contribution is -2.57. The van der Waals surface area contributed by atoms with Crippen LogP contribution in [0.1, 0.15) is 48.9 Å². The molecule has 1 aromatic rings. The number of ether oxygens (including phenoxy) is 4. The molecule has 0 saturated carbocycles. The van der Waals surface area contributed by atoms with E-state index in [9.17, 15) is 14.7 Å². The summed E-state index contributed by atoms with van der Waals surface area (Å²) in [4.78, 5) is 30.2. The van der Waals surface area contributed by atoms with Crippen molar-refractivity contribution in [2.75, 3.05) is 52.7 Å². The summed E-state index contributed by atoms with van der Waals surface area (Å²) in [6.07, 6.45) is 4.01. The first kappa shape index (κ1) is 25.3. The van der Waals surface area contributed by atoms with E-state index < -0.39 is 6.10 Å². The molecule has 4 aliphatic heterocycles. The SMILES string of the molecule is O=C(C[C@H]1CC[C@@H]2[C@H](COC[C@H](O)CN2C(=O)c2ccc3c(c2)OCO3)O1)NCCN1CCCCC1. The number of carbonyl (C=O) groups excluding carboxylic acids is 2. The third kappa shape index (κ3) is 6.11. The fraction of sp³-hybridized carbons (Fsp3) is 0.692. The predicted molar refractivity (Wildman–Crippen MR) is 130 cm³/mol. The molecule has 3 fully saturated rings. The van der Waals surface area contributed by atoms with E-state index in [0.717, 1.165) is 19.6 Å². The number of benzene rings is 1. The molecule has 0 radical (unpaired) electrons. The van der Waals surface area contributed by atoms with E-state index in [4.69, 9.17) is 18.9 Å². The summed E-state index contributed by atoms with van der Waals surface area (Å²) >= 11 is 0. The summed E-state index contributed by atoms with van der Waals surface area (Å²) in [7, 11) is 0. The number of aliphatic hydroxyl groups excluding tert-OH is 1. The highest BCUT2D eigenvalue weighted by Gasteiger charge is 2.40. The summed E-state index contributed by atoms with van der Waals surface area (Å²) < 4.78 is 22.8. The van der Waals surface area contributed by atoms with E-state index in [0.29, 0.717) is 42.9 Å². The Morgan fingerprint density at radius 3 is 2.75 bits per heavy atom. The van der Waals surface area contributed by atoms with Crippen LogP contribution in [0.4, 0.5) is 0 Å². The lowest BCUT2D eigenvalue weighted by molar-refractivity contribution is -0.150. The number of rotatable bonds is 6. The highest BCUT2D eigenvalue weighted by Crippen LogP contribution is 2.34. The van der Waals surface area contributed by atoms with Crippen molar-refractivity contribution in [2.24, 2.45) is 0 Å². The molecule has 4 aliphatic rings. The van der Waals surface area contributed by atoms with Crippen LogP contribution in [0, 0.1) is 0 Å². The van der Waals surface area contributed by atoms with Gasteiger partial charge in [0.15, 0.2) is 11.5 Å². The Morgan fingerprint density at radius 2 is 1.89 bits per heavy atom. The highest BCUT2D eigenvalue weighted by atomic mass is 16.7. The first-order valence-corrected chi connectivity index (χ1v) is 13.2. The number of likely N-dealkylation sites (tertiary alicyclic amines) is 1. The van der Waals surface area contributed by atoms with Gasteiger partial charge in [-0.15, -0.1) is 0 Å². The number of nitrogens with one attached hydrogen (secondary N) is 1. The molecule has 1 aromatic carbocycles. The second kappa shape index (κ2) is 11.8. The molecule has 2 N–H and O–H groups in total. The normalized spacial score (nSPS) is 28.6. The maximum atomic E-state index is 13.5. The average Bonchev–Trinajstić information content (AvgIpc) is 3.35. The fourth-order valence-corrected chi connectivity index (χ4v) is 5.59. The van der Waals surface area contributed by atoms with Crippen LogP contribution in [0.3, 0.4) is 0 Å².